The number of aromatic nitrogens is 2. The zero-order valence-electron chi connectivity index (χ0n) is 53.7. The van der Waals surface area contributed by atoms with Gasteiger partial charge in [0.1, 0.15) is 24.1 Å². The van der Waals surface area contributed by atoms with Crippen LogP contribution in [0.4, 0.5) is 0 Å². The fourth-order valence-corrected chi connectivity index (χ4v) is 16.6. The Kier molecular flexibility index (Phi) is 19.7. The molecule has 6 aliphatic heterocycles. The highest BCUT2D eigenvalue weighted by Gasteiger charge is 2.66. The van der Waals surface area contributed by atoms with Crippen LogP contribution in [-0.4, -0.2) is 132 Å². The summed E-state index contributed by atoms with van der Waals surface area (Å²) in [5, 5.41) is 28.3. The molecule has 2 aromatic rings. The average molecular weight is 1270 g/mol. The minimum atomic E-state index is -5.06. The van der Waals surface area contributed by atoms with Crippen molar-refractivity contribution in [1.82, 2.24) is 20.2 Å². The van der Waals surface area contributed by atoms with E-state index in [4.69, 9.17) is 57.4 Å². The lowest BCUT2D eigenvalue weighted by Crippen LogP contribution is -2.56. The summed E-state index contributed by atoms with van der Waals surface area (Å²) in [5.74, 6) is -6.46. The van der Waals surface area contributed by atoms with Gasteiger partial charge in [0.05, 0.1) is 41.7 Å². The fraction of sp³-hybridized carbons (Fsp3) is 0.635. The maximum atomic E-state index is 14.4. The van der Waals surface area contributed by atoms with Crippen LogP contribution in [0.1, 0.15) is 157 Å². The SMILES string of the molecule is CC(=O)CC[C@@H]1C2=CC3=NC(=C(C)C4=N[C@H]([C@H](CC(N)=O)[C@@]4(C)CCC(=O)NC[C@H](C)OP(=O)(O)OC4C(O)[C@@H](n5cnc6cc(C)c(C)cc65)O[C@@H]4CO)[C@]4(C)N=C(C(C)=C(N2)[C@@]1(C)CC(N)=O)[C@@H](CCC(N)=O)[C@]4(C)CC(N)=O)[C@@H](CCC(N)=O)C3(C)C. The summed E-state index contributed by atoms with van der Waals surface area (Å²) in [6.45, 7) is 20.9. The van der Waals surface area contributed by atoms with Gasteiger partial charge in [-0.25, -0.2) is 9.55 Å². The molecule has 6 aliphatic rings. The second kappa shape index (κ2) is 25.7. The summed E-state index contributed by atoms with van der Waals surface area (Å²) >= 11 is 0. The van der Waals surface area contributed by atoms with Crippen LogP contribution in [0.5, 0.6) is 0 Å². The number of aliphatic hydroxyl groups excluding tert-OH is 2. The minimum Gasteiger partial charge on any atom is -0.394 e. The first-order chi connectivity index (χ1) is 41.8. The van der Waals surface area contributed by atoms with E-state index < -0.39 is 137 Å². The van der Waals surface area contributed by atoms with E-state index >= 15 is 0 Å². The first kappa shape index (κ1) is 69.1. The molecule has 3 unspecified atom stereocenters. The van der Waals surface area contributed by atoms with Gasteiger partial charge < -0.3 is 68.5 Å². The number of imidazole rings is 1. The Hall–Kier alpha value is -6.80. The molecule has 2 fully saturated rings. The minimum absolute atomic E-state index is 0.00120. The van der Waals surface area contributed by atoms with E-state index in [0.29, 0.717) is 62.8 Å². The number of hydrogen-bond acceptors (Lipinski definition) is 18. The van der Waals surface area contributed by atoms with Gasteiger partial charge in [-0.1, -0.05) is 34.6 Å². The molecular weight excluding hydrogens is 1180 g/mol. The smallest absolute Gasteiger partial charge is 0.394 e. The highest BCUT2D eigenvalue weighted by molar-refractivity contribution is 7.47. The predicted molar refractivity (Wildman–Crippen MR) is 335 cm³/mol. The molecule has 0 aliphatic carbocycles. The number of aliphatic imine (C=N–C) groups is 3. The van der Waals surface area contributed by atoms with Gasteiger partial charge in [0, 0.05) is 131 Å². The third-order valence-electron chi connectivity index (χ3n) is 20.7. The number of carbonyl (C=O) groups is 7. The number of ether oxygens (including phenoxy) is 1. The number of Topliss-reactive ketones (excluding diaryl/α,β-unsaturated/α-hetero) is 1. The molecule has 492 valence electrons. The Morgan fingerprint density at radius 3 is 2.04 bits per heavy atom. The molecule has 0 radical (unpaired) electrons. The van der Waals surface area contributed by atoms with Gasteiger partial charge in [0.15, 0.2) is 6.23 Å². The lowest BCUT2D eigenvalue weighted by molar-refractivity contribution is -0.124. The number of nitrogens with two attached hydrogens (primary N) is 5. The van der Waals surface area contributed by atoms with Crippen molar-refractivity contribution in [3.05, 3.63) is 63.9 Å². The number of nitrogens with zero attached hydrogens (tertiary/aromatic N) is 5. The van der Waals surface area contributed by atoms with Crippen LogP contribution < -0.4 is 39.3 Å². The summed E-state index contributed by atoms with van der Waals surface area (Å²) in [6.07, 6.45) is -3.70. The van der Waals surface area contributed by atoms with Crippen LogP contribution in [0.3, 0.4) is 0 Å². The fourth-order valence-electron chi connectivity index (χ4n) is 15.5. The summed E-state index contributed by atoms with van der Waals surface area (Å²) < 4.78 is 32.3. The van der Waals surface area contributed by atoms with Crippen LogP contribution in [-0.2, 0) is 51.9 Å². The van der Waals surface area contributed by atoms with Crippen LogP contribution in [0.2, 0.25) is 0 Å². The standard InChI is InChI=1S/C63H91N12O14P/c1-30-21-41-42(22-31(30)2)75(29-70-41)58-53(84)54(43(28-76)87-58)89-90(85,86)88-33(4)27-69-50(83)19-20-60(9)39(23-47(66)80)57-63(12)62(11,26-49(68)82)38(16-18-46(65)79)52(74-63)35(6)56-61(10,25-48(67)81)36(14-13-32(3)77)40(71-56)24-44-59(7,8)37(15-17-45(64)78)51(72-44)34(5)55(60)73-57/h21-22,24,29,33,36-39,43,53-54,57-58,71,76,84H,13-20,23,25-28H2,1-12H3,(H2,64,78)(H2,65,79)(H2,66,80)(H2,67,81)(H2,68,82)(H,69,83)(H,85,86)/t33-,36+,37+,38+,39-,43+,53?,54?,57+,58-,60+,61-,62-,63-/m0/s1. The number of ketones is 1. The predicted octanol–water partition coefficient (Wildman–Crippen LogP) is 4.27. The van der Waals surface area contributed by atoms with Gasteiger partial charge in [0.25, 0.3) is 0 Å². The van der Waals surface area contributed by atoms with Crippen molar-refractivity contribution in [2.45, 2.75) is 196 Å². The molecule has 2 saturated heterocycles. The van der Waals surface area contributed by atoms with E-state index in [9.17, 15) is 53.2 Å². The molecule has 15 N–H and O–H groups in total. The zero-order chi connectivity index (χ0) is 66.7. The number of nitrogens with one attached hydrogen (secondary N) is 2. The molecule has 0 spiro atoms. The number of amides is 6. The largest absolute Gasteiger partial charge is 0.472 e. The number of allylic oxidation sites excluding steroid dienone is 6. The lowest BCUT2D eigenvalue weighted by Gasteiger charge is -2.48. The second-order valence-electron chi connectivity index (χ2n) is 27.3. The van der Waals surface area contributed by atoms with Gasteiger partial charge in [-0.3, -0.25) is 52.8 Å². The topological polar surface area (TPSA) is 434 Å². The van der Waals surface area contributed by atoms with E-state index in [1.807, 2.05) is 87.4 Å². The summed E-state index contributed by atoms with van der Waals surface area (Å²) in [4.78, 5) is 126. The number of phosphoric ester groups is 1. The molecule has 1 aromatic heterocycles. The Labute approximate surface area is 524 Å². The summed E-state index contributed by atoms with van der Waals surface area (Å²) in [6, 6.07) is 2.71. The molecule has 15 atom stereocenters. The van der Waals surface area contributed by atoms with E-state index in [2.05, 4.69) is 15.6 Å². The van der Waals surface area contributed by atoms with Crippen LogP contribution in [0.25, 0.3) is 11.0 Å². The Morgan fingerprint density at radius 1 is 0.822 bits per heavy atom. The molecule has 8 rings (SSSR count). The first-order valence-electron chi connectivity index (χ1n) is 30.8. The third-order valence-corrected chi connectivity index (χ3v) is 21.8. The molecule has 6 amide bonds. The Morgan fingerprint density at radius 2 is 1.44 bits per heavy atom. The highest BCUT2D eigenvalue weighted by atomic mass is 31.2. The highest BCUT2D eigenvalue weighted by Crippen LogP contribution is 2.63. The molecule has 27 heteroatoms. The molecule has 1 aromatic carbocycles. The van der Waals surface area contributed by atoms with Gasteiger partial charge in [-0.15, -0.1) is 0 Å². The van der Waals surface area contributed by atoms with Crippen molar-refractivity contribution < 1.29 is 67.0 Å². The van der Waals surface area contributed by atoms with Crippen molar-refractivity contribution in [3.63, 3.8) is 0 Å². The summed E-state index contributed by atoms with van der Waals surface area (Å²) in [5.41, 5.74) is 32.0. The maximum Gasteiger partial charge on any atom is 0.472 e. The van der Waals surface area contributed by atoms with Gasteiger partial charge in [0.2, 0.25) is 35.4 Å². The number of aliphatic hydroxyl groups is 2. The quantitative estimate of drug-likeness (QED) is 0.0588. The van der Waals surface area contributed by atoms with E-state index in [1.165, 1.54) is 20.2 Å². The van der Waals surface area contributed by atoms with Crippen molar-refractivity contribution in [2.75, 3.05) is 13.2 Å². The monoisotopic (exact) mass is 1270 g/mol. The van der Waals surface area contributed by atoms with Crippen LogP contribution >= 0.6 is 7.82 Å². The number of rotatable bonds is 26. The lowest BCUT2D eigenvalue weighted by atomic mass is 9.55. The Balaban J connectivity index is 1.19. The molecule has 8 bridgehead atoms. The van der Waals surface area contributed by atoms with E-state index in [1.54, 1.807) is 4.57 Å². The zero-order valence-corrected chi connectivity index (χ0v) is 54.6. The normalized spacial score (nSPS) is 32.1. The number of hydrogen-bond donors (Lipinski definition) is 10. The number of primary amides is 5. The second-order valence-corrected chi connectivity index (χ2v) is 28.7. The van der Waals surface area contributed by atoms with Crippen molar-refractivity contribution in [1.29, 1.82) is 0 Å². The molecule has 7 heterocycles. The van der Waals surface area contributed by atoms with Crippen molar-refractivity contribution in [3.8, 4) is 0 Å². The maximum absolute atomic E-state index is 14.4. The number of benzene rings is 1. The summed E-state index contributed by atoms with van der Waals surface area (Å²) in [7, 11) is -5.06. The van der Waals surface area contributed by atoms with E-state index in [0.717, 1.165) is 11.1 Å². The molecule has 26 nitrogen and oxygen atoms in total. The van der Waals surface area contributed by atoms with Gasteiger partial charge in [-0.2, -0.15) is 0 Å². The van der Waals surface area contributed by atoms with Gasteiger partial charge in [-0.05, 0) is 115 Å². The number of aryl methyl sites for hydroxylation is 2. The van der Waals surface area contributed by atoms with E-state index in [-0.39, 0.29) is 76.5 Å². The number of carbonyl (C=O) groups excluding carboxylic acids is 7. The number of phosphoric acid groups is 1. The number of fused-ring (bicyclic) bond motifs is 7. The van der Waals surface area contributed by atoms with Crippen LogP contribution in [0.15, 0.2) is 67.8 Å². The molecular formula is C63H91N12O14P. The molecule has 90 heavy (non-hydrogen) atoms. The third kappa shape index (κ3) is 13.0. The van der Waals surface area contributed by atoms with Crippen LogP contribution in [0, 0.1) is 59.2 Å². The van der Waals surface area contributed by atoms with Crippen molar-refractivity contribution >= 4 is 77.2 Å². The first-order valence-corrected chi connectivity index (χ1v) is 32.3. The molecule has 0 saturated carbocycles. The Bertz CT molecular complexity index is 3530. The van der Waals surface area contributed by atoms with Gasteiger partial charge >= 0.3 is 7.82 Å². The average Bonchev–Trinajstić information content (AvgIpc) is 1.53. The van der Waals surface area contributed by atoms with Crippen molar-refractivity contribution in [2.24, 2.45) is 89.0 Å².